The summed E-state index contributed by atoms with van der Waals surface area (Å²) in [7, 11) is 0. The molecular formula is C37H72N2O2. The number of hydrogen-bond acceptors (Lipinski definition) is 4. The molecule has 0 atom stereocenters. The van der Waals surface area contributed by atoms with E-state index in [4.69, 9.17) is 0 Å². The van der Waals surface area contributed by atoms with Crippen molar-refractivity contribution < 1.29 is 10.2 Å². The molecular weight excluding hydrogens is 504 g/mol. The summed E-state index contributed by atoms with van der Waals surface area (Å²) in [6, 6.07) is 10.7. The third kappa shape index (κ3) is 22.3. The van der Waals surface area contributed by atoms with E-state index in [0.29, 0.717) is 0 Å². The number of aliphatic hydroxyl groups is 2. The van der Waals surface area contributed by atoms with Crippen molar-refractivity contribution in [3.05, 3.63) is 35.9 Å². The standard InChI is InChI=1S/C22H39NO.C15H33NO/c1-4-7-12-16-22(24,17-13-8-5-2)18-19-23(6-3)20-21-14-10-9-11-15-21;1-4-7-9-11-15(17,12-10-8-5-2)13-14-16-6-3/h9-11,14-15,24H,4-8,12-13,16-20H2,1-3H3;16-17H,4-14H2,1-3H3. The monoisotopic (exact) mass is 577 g/mol. The van der Waals surface area contributed by atoms with E-state index < -0.39 is 11.2 Å². The second kappa shape index (κ2) is 26.7. The smallest absolute Gasteiger partial charge is 0.0660 e. The summed E-state index contributed by atoms with van der Waals surface area (Å²) in [5.41, 5.74) is 0.487. The zero-order chi connectivity index (χ0) is 30.7. The van der Waals surface area contributed by atoms with Gasteiger partial charge in [-0.05, 0) is 63.7 Å². The molecule has 0 heterocycles. The second-order valence-electron chi connectivity index (χ2n) is 12.5. The molecule has 0 unspecified atom stereocenters. The number of benzene rings is 1. The molecule has 242 valence electrons. The fourth-order valence-corrected chi connectivity index (χ4v) is 5.62. The summed E-state index contributed by atoms with van der Waals surface area (Å²) in [5.74, 6) is 0. The summed E-state index contributed by atoms with van der Waals surface area (Å²) >= 11 is 0. The fourth-order valence-electron chi connectivity index (χ4n) is 5.62. The number of unbranched alkanes of at least 4 members (excludes halogenated alkanes) is 8. The lowest BCUT2D eigenvalue weighted by molar-refractivity contribution is 0.000662. The third-order valence-corrected chi connectivity index (χ3v) is 8.59. The first-order valence-electron chi connectivity index (χ1n) is 17.7. The molecule has 1 aromatic rings. The first kappa shape index (κ1) is 40.1. The van der Waals surface area contributed by atoms with Crippen LogP contribution in [-0.4, -0.2) is 52.5 Å². The minimum absolute atomic E-state index is 0.410. The molecule has 0 fully saturated rings. The van der Waals surface area contributed by atoms with Gasteiger partial charge < -0.3 is 15.5 Å². The Kier molecular flexibility index (Phi) is 26.1. The van der Waals surface area contributed by atoms with E-state index in [1.165, 1.54) is 69.8 Å². The van der Waals surface area contributed by atoms with E-state index in [0.717, 1.165) is 84.1 Å². The van der Waals surface area contributed by atoms with Gasteiger partial charge in [-0.3, -0.25) is 4.90 Å². The first-order chi connectivity index (χ1) is 19.8. The lowest BCUT2D eigenvalue weighted by Crippen LogP contribution is -2.35. The second-order valence-corrected chi connectivity index (χ2v) is 12.5. The molecule has 0 aromatic heterocycles. The first-order valence-corrected chi connectivity index (χ1v) is 17.7. The van der Waals surface area contributed by atoms with E-state index in [1.807, 2.05) is 0 Å². The summed E-state index contributed by atoms with van der Waals surface area (Å²) in [5, 5.41) is 25.1. The molecule has 0 radical (unpaired) electrons. The number of hydrogen-bond donors (Lipinski definition) is 3. The van der Waals surface area contributed by atoms with Crippen LogP contribution in [-0.2, 0) is 6.54 Å². The van der Waals surface area contributed by atoms with Gasteiger partial charge in [0.2, 0.25) is 0 Å². The number of nitrogens with zero attached hydrogens (tertiary/aromatic N) is 1. The van der Waals surface area contributed by atoms with Crippen LogP contribution in [0.25, 0.3) is 0 Å². The molecule has 4 nitrogen and oxygen atoms in total. The highest BCUT2D eigenvalue weighted by Gasteiger charge is 2.26. The lowest BCUT2D eigenvalue weighted by Gasteiger charge is -2.31. The molecule has 41 heavy (non-hydrogen) atoms. The Morgan fingerprint density at radius 1 is 0.585 bits per heavy atom. The number of nitrogens with one attached hydrogen (secondary N) is 1. The van der Waals surface area contributed by atoms with Crippen molar-refractivity contribution >= 4 is 0 Å². The molecule has 0 amide bonds. The fraction of sp³-hybridized carbons (Fsp3) is 0.838. The van der Waals surface area contributed by atoms with Crippen LogP contribution in [0.5, 0.6) is 0 Å². The molecule has 0 saturated heterocycles. The Bertz CT molecular complexity index is 630. The highest BCUT2D eigenvalue weighted by molar-refractivity contribution is 5.14. The Labute approximate surface area is 257 Å². The molecule has 0 bridgehead atoms. The van der Waals surface area contributed by atoms with Crippen LogP contribution in [0.4, 0.5) is 0 Å². The van der Waals surface area contributed by atoms with Crippen molar-refractivity contribution in [2.75, 3.05) is 26.2 Å². The van der Waals surface area contributed by atoms with Crippen LogP contribution in [0.15, 0.2) is 30.3 Å². The molecule has 4 heteroatoms. The topological polar surface area (TPSA) is 55.7 Å². The number of rotatable bonds is 26. The maximum atomic E-state index is 11.1. The molecule has 0 aliphatic carbocycles. The van der Waals surface area contributed by atoms with Gasteiger partial charge in [-0.2, -0.15) is 0 Å². The maximum Gasteiger partial charge on any atom is 0.0660 e. The van der Waals surface area contributed by atoms with Gasteiger partial charge in [-0.1, -0.05) is 149 Å². The van der Waals surface area contributed by atoms with Gasteiger partial charge in [0.25, 0.3) is 0 Å². The predicted molar refractivity (Wildman–Crippen MR) is 182 cm³/mol. The lowest BCUT2D eigenvalue weighted by atomic mass is 9.87. The normalized spacial score (nSPS) is 12.0. The van der Waals surface area contributed by atoms with Crippen molar-refractivity contribution in [3.63, 3.8) is 0 Å². The molecule has 0 spiro atoms. The van der Waals surface area contributed by atoms with Gasteiger partial charge in [0, 0.05) is 13.1 Å². The molecule has 3 N–H and O–H groups in total. The Morgan fingerprint density at radius 3 is 1.41 bits per heavy atom. The average Bonchev–Trinajstić information content (AvgIpc) is 2.97. The Balaban J connectivity index is 0.000000831. The maximum absolute atomic E-state index is 11.1. The average molecular weight is 577 g/mol. The van der Waals surface area contributed by atoms with Gasteiger partial charge in [-0.15, -0.1) is 0 Å². The van der Waals surface area contributed by atoms with Crippen LogP contribution in [0, 0.1) is 0 Å². The minimum atomic E-state index is -0.464. The van der Waals surface area contributed by atoms with Crippen molar-refractivity contribution in [2.24, 2.45) is 0 Å². The van der Waals surface area contributed by atoms with Crippen molar-refractivity contribution in [1.82, 2.24) is 10.2 Å². The van der Waals surface area contributed by atoms with Crippen LogP contribution in [0.1, 0.15) is 163 Å². The van der Waals surface area contributed by atoms with Gasteiger partial charge in [0.05, 0.1) is 11.2 Å². The highest BCUT2D eigenvalue weighted by Crippen LogP contribution is 2.27. The van der Waals surface area contributed by atoms with Crippen LogP contribution >= 0.6 is 0 Å². The summed E-state index contributed by atoms with van der Waals surface area (Å²) in [4.78, 5) is 2.46. The minimum Gasteiger partial charge on any atom is -0.390 e. The van der Waals surface area contributed by atoms with Crippen molar-refractivity contribution in [2.45, 2.75) is 175 Å². The van der Waals surface area contributed by atoms with E-state index in [1.54, 1.807) is 0 Å². The van der Waals surface area contributed by atoms with Crippen LogP contribution in [0.2, 0.25) is 0 Å². The van der Waals surface area contributed by atoms with E-state index in [-0.39, 0.29) is 0 Å². The predicted octanol–water partition coefficient (Wildman–Crippen LogP) is 9.67. The van der Waals surface area contributed by atoms with E-state index in [9.17, 15) is 10.2 Å². The molecule has 1 rings (SSSR count). The van der Waals surface area contributed by atoms with E-state index in [2.05, 4.69) is 82.1 Å². The highest BCUT2D eigenvalue weighted by atomic mass is 16.3. The van der Waals surface area contributed by atoms with Gasteiger partial charge in [0.1, 0.15) is 0 Å². The molecule has 0 aliphatic heterocycles. The van der Waals surface area contributed by atoms with Crippen LogP contribution in [0.3, 0.4) is 0 Å². The molecule has 0 aliphatic rings. The summed E-state index contributed by atoms with van der Waals surface area (Å²) < 4.78 is 0. The largest absolute Gasteiger partial charge is 0.390 e. The van der Waals surface area contributed by atoms with Crippen LogP contribution < -0.4 is 5.32 Å². The quantitative estimate of drug-likeness (QED) is 0.0961. The van der Waals surface area contributed by atoms with E-state index >= 15 is 0 Å². The zero-order valence-corrected chi connectivity index (χ0v) is 28.5. The van der Waals surface area contributed by atoms with Gasteiger partial charge in [0.15, 0.2) is 0 Å². The molecule has 0 saturated carbocycles. The van der Waals surface area contributed by atoms with Gasteiger partial charge in [-0.25, -0.2) is 0 Å². The SMILES string of the molecule is CCCCCC(O)(CCCCC)CCN(CC)Cc1ccccc1.CCCCCC(O)(CCCCC)CCNCC. The zero-order valence-electron chi connectivity index (χ0n) is 28.5. The Morgan fingerprint density at radius 2 is 1.02 bits per heavy atom. The summed E-state index contributed by atoms with van der Waals surface area (Å²) in [6.45, 7) is 18.2. The third-order valence-electron chi connectivity index (χ3n) is 8.59. The van der Waals surface area contributed by atoms with Gasteiger partial charge >= 0.3 is 0 Å². The van der Waals surface area contributed by atoms with Crippen molar-refractivity contribution in [3.8, 4) is 0 Å². The molecule has 1 aromatic carbocycles. The Hall–Kier alpha value is -0.940. The summed E-state index contributed by atoms with van der Waals surface area (Å²) in [6.07, 6.45) is 20.2. The van der Waals surface area contributed by atoms with Crippen molar-refractivity contribution in [1.29, 1.82) is 0 Å².